The van der Waals surface area contributed by atoms with E-state index >= 15 is 0 Å². The van der Waals surface area contributed by atoms with Crippen LogP contribution in [0.3, 0.4) is 0 Å². The van der Waals surface area contributed by atoms with Crippen molar-refractivity contribution in [3.8, 4) is 0 Å². The van der Waals surface area contributed by atoms with Crippen LogP contribution in [0.5, 0.6) is 0 Å². The van der Waals surface area contributed by atoms with Crippen LogP contribution in [0, 0.1) is 11.8 Å². The molecule has 2 nitrogen and oxygen atoms in total. The zero-order chi connectivity index (χ0) is 13.7. The molecule has 1 aliphatic heterocycles. The van der Waals surface area contributed by atoms with Crippen LogP contribution in [0.25, 0.3) is 0 Å². The lowest BCUT2D eigenvalue weighted by atomic mass is 10.00. The van der Waals surface area contributed by atoms with Gasteiger partial charge < -0.3 is 10.1 Å². The van der Waals surface area contributed by atoms with Gasteiger partial charge in [-0.05, 0) is 42.7 Å². The molecule has 106 valence electrons. The second-order valence-electron chi connectivity index (χ2n) is 6.21. The maximum Gasteiger partial charge on any atom is 0.0509 e. The van der Waals surface area contributed by atoms with Crippen LogP contribution in [0.4, 0.5) is 0 Å². The predicted octanol–water partition coefficient (Wildman–Crippen LogP) is 3.40. The molecule has 1 aromatic rings. The topological polar surface area (TPSA) is 21.3 Å². The van der Waals surface area contributed by atoms with Gasteiger partial charge >= 0.3 is 0 Å². The first kappa shape index (κ1) is 14.5. The summed E-state index contributed by atoms with van der Waals surface area (Å²) in [6.45, 7) is 9.61. The molecule has 1 N–H and O–H groups in total. The molecule has 2 rings (SSSR count). The van der Waals surface area contributed by atoms with E-state index < -0.39 is 0 Å². The summed E-state index contributed by atoms with van der Waals surface area (Å²) < 4.78 is 5.44. The van der Waals surface area contributed by atoms with Crippen molar-refractivity contribution in [2.75, 3.05) is 13.2 Å². The minimum atomic E-state index is 0.540. The Bertz CT molecular complexity index is 365. The molecule has 0 radical (unpaired) electrons. The van der Waals surface area contributed by atoms with Crippen LogP contribution in [0.2, 0.25) is 0 Å². The Morgan fingerprint density at radius 1 is 1.16 bits per heavy atom. The minimum Gasteiger partial charge on any atom is -0.381 e. The molecule has 0 aromatic heterocycles. The van der Waals surface area contributed by atoms with Crippen molar-refractivity contribution in [1.82, 2.24) is 5.32 Å². The highest BCUT2D eigenvalue weighted by molar-refractivity contribution is 5.22. The van der Waals surface area contributed by atoms with Gasteiger partial charge in [0.25, 0.3) is 0 Å². The standard InChI is InChI=1S/C17H27NO/c1-13(2)10-15-4-6-16(7-5-15)11-18-14(3)17-8-9-19-12-17/h4-7,13-14,17-18H,8-12H2,1-3H3. The summed E-state index contributed by atoms with van der Waals surface area (Å²) >= 11 is 0. The second kappa shape index (κ2) is 7.06. The van der Waals surface area contributed by atoms with Gasteiger partial charge in [-0.3, -0.25) is 0 Å². The van der Waals surface area contributed by atoms with E-state index in [1.54, 1.807) is 0 Å². The van der Waals surface area contributed by atoms with Gasteiger partial charge in [0.05, 0.1) is 6.61 Å². The van der Waals surface area contributed by atoms with Gasteiger partial charge in [0, 0.05) is 19.2 Å². The van der Waals surface area contributed by atoms with Gasteiger partial charge in [-0.2, -0.15) is 0 Å². The molecule has 1 saturated heterocycles. The van der Waals surface area contributed by atoms with E-state index in [1.807, 2.05) is 0 Å². The number of hydrogen-bond donors (Lipinski definition) is 1. The molecule has 1 aromatic carbocycles. The summed E-state index contributed by atoms with van der Waals surface area (Å²) in [5.74, 6) is 1.41. The lowest BCUT2D eigenvalue weighted by Crippen LogP contribution is -2.33. The summed E-state index contributed by atoms with van der Waals surface area (Å²) in [7, 11) is 0. The number of hydrogen-bond acceptors (Lipinski definition) is 2. The van der Waals surface area contributed by atoms with Crippen LogP contribution in [0.15, 0.2) is 24.3 Å². The molecule has 19 heavy (non-hydrogen) atoms. The summed E-state index contributed by atoms with van der Waals surface area (Å²) in [6.07, 6.45) is 2.37. The highest BCUT2D eigenvalue weighted by Gasteiger charge is 2.21. The number of ether oxygens (including phenoxy) is 1. The van der Waals surface area contributed by atoms with Gasteiger partial charge in [-0.1, -0.05) is 38.1 Å². The normalized spacial score (nSPS) is 20.9. The van der Waals surface area contributed by atoms with Crippen molar-refractivity contribution in [3.05, 3.63) is 35.4 Å². The minimum absolute atomic E-state index is 0.540. The molecular formula is C17H27NO. The Kier molecular flexibility index (Phi) is 5.41. The van der Waals surface area contributed by atoms with E-state index in [1.165, 1.54) is 24.0 Å². The average Bonchev–Trinajstić information content (AvgIpc) is 2.91. The summed E-state index contributed by atoms with van der Waals surface area (Å²) in [4.78, 5) is 0. The van der Waals surface area contributed by atoms with E-state index in [-0.39, 0.29) is 0 Å². The SMILES string of the molecule is CC(C)Cc1ccc(CNC(C)C2CCOC2)cc1. The molecule has 0 aliphatic carbocycles. The zero-order valence-corrected chi connectivity index (χ0v) is 12.5. The number of nitrogens with one attached hydrogen (secondary N) is 1. The molecule has 2 unspecified atom stereocenters. The Labute approximate surface area is 117 Å². The molecule has 0 saturated carbocycles. The lowest BCUT2D eigenvalue weighted by molar-refractivity contribution is 0.178. The first-order chi connectivity index (χ1) is 9.15. The summed E-state index contributed by atoms with van der Waals surface area (Å²) in [6, 6.07) is 9.57. The first-order valence-corrected chi connectivity index (χ1v) is 7.54. The van der Waals surface area contributed by atoms with Crippen molar-refractivity contribution >= 4 is 0 Å². The highest BCUT2D eigenvalue weighted by atomic mass is 16.5. The van der Waals surface area contributed by atoms with Gasteiger partial charge in [-0.15, -0.1) is 0 Å². The van der Waals surface area contributed by atoms with E-state index in [2.05, 4.69) is 50.4 Å². The van der Waals surface area contributed by atoms with Gasteiger partial charge in [0.2, 0.25) is 0 Å². The van der Waals surface area contributed by atoms with Gasteiger partial charge in [0.15, 0.2) is 0 Å². The predicted molar refractivity (Wildman–Crippen MR) is 80.2 cm³/mol. The lowest BCUT2D eigenvalue weighted by Gasteiger charge is -2.19. The fourth-order valence-electron chi connectivity index (χ4n) is 2.66. The Hall–Kier alpha value is -0.860. The van der Waals surface area contributed by atoms with Crippen LogP contribution in [0.1, 0.15) is 38.3 Å². The molecule has 2 atom stereocenters. The largest absolute Gasteiger partial charge is 0.381 e. The second-order valence-corrected chi connectivity index (χ2v) is 6.21. The smallest absolute Gasteiger partial charge is 0.0509 e. The zero-order valence-electron chi connectivity index (χ0n) is 12.5. The number of rotatable bonds is 6. The molecule has 0 spiro atoms. The molecule has 1 heterocycles. The third-order valence-corrected chi connectivity index (χ3v) is 3.97. The molecule has 2 heteroatoms. The summed E-state index contributed by atoms with van der Waals surface area (Å²) in [5, 5.41) is 3.62. The summed E-state index contributed by atoms with van der Waals surface area (Å²) in [5.41, 5.74) is 2.81. The fraction of sp³-hybridized carbons (Fsp3) is 0.647. The Balaban J connectivity index is 1.79. The molecule has 1 aliphatic rings. The molecule has 0 bridgehead atoms. The van der Waals surface area contributed by atoms with Crippen molar-refractivity contribution in [2.45, 2.75) is 46.2 Å². The van der Waals surface area contributed by atoms with Crippen LogP contribution in [-0.4, -0.2) is 19.3 Å². The van der Waals surface area contributed by atoms with Gasteiger partial charge in [0.1, 0.15) is 0 Å². The average molecular weight is 261 g/mol. The van der Waals surface area contributed by atoms with E-state index in [0.29, 0.717) is 12.0 Å². The maximum absolute atomic E-state index is 5.44. The molecule has 1 fully saturated rings. The highest BCUT2D eigenvalue weighted by Crippen LogP contribution is 2.17. The van der Waals surface area contributed by atoms with Crippen LogP contribution >= 0.6 is 0 Å². The Morgan fingerprint density at radius 2 is 1.84 bits per heavy atom. The van der Waals surface area contributed by atoms with E-state index in [4.69, 9.17) is 4.74 Å². The van der Waals surface area contributed by atoms with Crippen LogP contribution < -0.4 is 5.32 Å². The number of benzene rings is 1. The van der Waals surface area contributed by atoms with Crippen molar-refractivity contribution in [3.63, 3.8) is 0 Å². The van der Waals surface area contributed by atoms with E-state index in [9.17, 15) is 0 Å². The van der Waals surface area contributed by atoms with Crippen molar-refractivity contribution in [2.24, 2.45) is 11.8 Å². The molecule has 0 amide bonds. The first-order valence-electron chi connectivity index (χ1n) is 7.54. The maximum atomic E-state index is 5.44. The van der Waals surface area contributed by atoms with Crippen LogP contribution in [-0.2, 0) is 17.7 Å². The van der Waals surface area contributed by atoms with Gasteiger partial charge in [-0.25, -0.2) is 0 Å². The third-order valence-electron chi connectivity index (χ3n) is 3.97. The quantitative estimate of drug-likeness (QED) is 0.847. The van der Waals surface area contributed by atoms with Crippen molar-refractivity contribution in [1.29, 1.82) is 0 Å². The third kappa shape index (κ3) is 4.63. The molecular weight excluding hydrogens is 234 g/mol. The fourth-order valence-corrected chi connectivity index (χ4v) is 2.66. The Morgan fingerprint density at radius 3 is 2.42 bits per heavy atom. The monoisotopic (exact) mass is 261 g/mol. The van der Waals surface area contributed by atoms with E-state index in [0.717, 1.165) is 25.7 Å². The van der Waals surface area contributed by atoms with Crippen molar-refractivity contribution < 1.29 is 4.74 Å².